The van der Waals surface area contributed by atoms with Crippen molar-refractivity contribution in [3.63, 3.8) is 0 Å². The summed E-state index contributed by atoms with van der Waals surface area (Å²) in [5.41, 5.74) is 6.57. The molecule has 128 valence electrons. The van der Waals surface area contributed by atoms with E-state index in [1.54, 1.807) is 24.3 Å². The lowest BCUT2D eigenvalue weighted by molar-refractivity contribution is 0.0996. The number of hydrogen-bond acceptors (Lipinski definition) is 4. The first kappa shape index (κ1) is 16.5. The molecule has 0 atom stereocenters. The molecule has 0 aliphatic heterocycles. The molecule has 0 unspecified atom stereocenters. The largest absolute Gasteiger partial charge is 0.486 e. The summed E-state index contributed by atoms with van der Waals surface area (Å²) in [7, 11) is 0. The topological polar surface area (TPSA) is 93.9 Å². The van der Waals surface area contributed by atoms with Gasteiger partial charge >= 0.3 is 0 Å². The average molecular weight is 348 g/mol. The monoisotopic (exact) mass is 348 g/mol. The van der Waals surface area contributed by atoms with Gasteiger partial charge in [0, 0.05) is 5.56 Å². The van der Waals surface area contributed by atoms with E-state index < -0.39 is 29.1 Å². The maximum atomic E-state index is 13.6. The van der Waals surface area contributed by atoms with Gasteiger partial charge in [-0.2, -0.15) is 19.8 Å². The van der Waals surface area contributed by atoms with Crippen molar-refractivity contribution in [1.82, 2.24) is 15.4 Å². The Morgan fingerprint density at radius 2 is 1.92 bits per heavy atom. The van der Waals surface area contributed by atoms with Crippen LogP contribution in [0.15, 0.2) is 36.4 Å². The number of hydrogen-bond donors (Lipinski definition) is 2. The number of H-pyrrole nitrogens is 1. The normalized spacial score (nSPS) is 10.7. The highest BCUT2D eigenvalue weighted by molar-refractivity contribution is 5.96. The Hall–Kier alpha value is -3.36. The van der Waals surface area contributed by atoms with Crippen LogP contribution in [-0.4, -0.2) is 21.3 Å². The molecule has 6 nitrogen and oxygen atoms in total. The molecule has 0 radical (unpaired) electrons. The number of nitrogens with one attached hydrogen (secondary N) is 1. The van der Waals surface area contributed by atoms with Crippen molar-refractivity contribution in [3.8, 4) is 17.0 Å². The predicted molar refractivity (Wildman–Crippen MR) is 81.0 cm³/mol. The van der Waals surface area contributed by atoms with Gasteiger partial charge in [0.15, 0.2) is 23.1 Å². The zero-order chi connectivity index (χ0) is 18.0. The number of halogens is 3. The quantitative estimate of drug-likeness (QED) is 0.693. The third kappa shape index (κ3) is 3.30. The van der Waals surface area contributed by atoms with Gasteiger partial charge < -0.3 is 10.5 Å². The first-order valence-corrected chi connectivity index (χ1v) is 7.03. The summed E-state index contributed by atoms with van der Waals surface area (Å²) in [4.78, 5) is 11.3. The number of rotatable bonds is 5. The Kier molecular flexibility index (Phi) is 4.38. The molecule has 9 heteroatoms. The van der Waals surface area contributed by atoms with Crippen molar-refractivity contribution in [2.24, 2.45) is 5.73 Å². The fourth-order valence-corrected chi connectivity index (χ4v) is 2.19. The van der Waals surface area contributed by atoms with Crippen molar-refractivity contribution in [1.29, 1.82) is 0 Å². The summed E-state index contributed by atoms with van der Waals surface area (Å²) in [5, 5.41) is 9.87. The van der Waals surface area contributed by atoms with Gasteiger partial charge in [-0.05, 0) is 23.8 Å². The van der Waals surface area contributed by atoms with Crippen molar-refractivity contribution in [2.45, 2.75) is 6.61 Å². The molecule has 3 N–H and O–H groups in total. The maximum absolute atomic E-state index is 13.6. The van der Waals surface area contributed by atoms with E-state index in [1.807, 2.05) is 0 Å². The highest BCUT2D eigenvalue weighted by atomic mass is 19.2. The molecular formula is C16H11F3N4O2. The van der Waals surface area contributed by atoms with Crippen LogP contribution in [0.25, 0.3) is 11.3 Å². The molecule has 3 aromatic rings. The lowest BCUT2D eigenvalue weighted by Gasteiger charge is -2.09. The molecule has 3 rings (SSSR count). The van der Waals surface area contributed by atoms with Crippen molar-refractivity contribution < 1.29 is 22.7 Å². The van der Waals surface area contributed by atoms with E-state index in [9.17, 15) is 18.0 Å². The van der Waals surface area contributed by atoms with E-state index in [2.05, 4.69) is 15.4 Å². The van der Waals surface area contributed by atoms with Crippen molar-refractivity contribution in [3.05, 3.63) is 65.1 Å². The maximum Gasteiger partial charge on any atom is 0.271 e. The summed E-state index contributed by atoms with van der Waals surface area (Å²) in [6, 6.07) is 8.41. The lowest BCUT2D eigenvalue weighted by atomic mass is 10.1. The van der Waals surface area contributed by atoms with Crippen LogP contribution >= 0.6 is 0 Å². The Labute approximate surface area is 139 Å². The van der Waals surface area contributed by atoms with E-state index in [0.29, 0.717) is 11.1 Å². The van der Waals surface area contributed by atoms with Crippen LogP contribution < -0.4 is 10.5 Å². The van der Waals surface area contributed by atoms with Gasteiger partial charge in [0.25, 0.3) is 5.91 Å². The Balaban J connectivity index is 1.82. The Bertz CT molecular complexity index is 943. The van der Waals surface area contributed by atoms with Crippen molar-refractivity contribution >= 4 is 5.91 Å². The summed E-state index contributed by atoms with van der Waals surface area (Å²) in [5.74, 6) is -5.45. The van der Waals surface area contributed by atoms with Gasteiger partial charge in [-0.15, -0.1) is 0 Å². The second kappa shape index (κ2) is 6.63. The van der Waals surface area contributed by atoms with E-state index in [0.717, 1.165) is 12.1 Å². The molecule has 2 aromatic carbocycles. The van der Waals surface area contributed by atoms with Crippen LogP contribution in [0.1, 0.15) is 16.1 Å². The summed E-state index contributed by atoms with van der Waals surface area (Å²) >= 11 is 0. The molecule has 25 heavy (non-hydrogen) atoms. The number of aromatic nitrogens is 3. The molecule has 1 amide bonds. The molecule has 0 saturated heterocycles. The number of benzene rings is 2. The van der Waals surface area contributed by atoms with Crippen LogP contribution in [0.2, 0.25) is 0 Å². The number of ether oxygens (including phenoxy) is 1. The molecule has 1 aromatic heterocycles. The zero-order valence-electron chi connectivity index (χ0n) is 12.6. The van der Waals surface area contributed by atoms with E-state index in [1.165, 1.54) is 0 Å². The number of nitrogens with two attached hydrogens (primary N) is 1. The van der Waals surface area contributed by atoms with Crippen LogP contribution in [0.4, 0.5) is 13.2 Å². The fourth-order valence-electron chi connectivity index (χ4n) is 2.19. The third-order valence-corrected chi connectivity index (χ3v) is 3.38. The number of nitrogens with zero attached hydrogens (tertiary/aromatic N) is 2. The van der Waals surface area contributed by atoms with Crippen LogP contribution in [0.3, 0.4) is 0 Å². The minimum absolute atomic E-state index is 0.0234. The standard InChI is InChI=1S/C16H11F3N4O2/c17-10-4-5-11(13(19)12(10)18)25-7-8-2-1-3-9(6-8)14-15(16(20)24)22-23-21-14/h1-6H,7H2,(H2,20,24)(H,21,22,23). The second-order valence-electron chi connectivity index (χ2n) is 5.05. The van der Waals surface area contributed by atoms with Gasteiger partial charge in [-0.1, -0.05) is 18.2 Å². The van der Waals surface area contributed by atoms with E-state index in [4.69, 9.17) is 10.5 Å². The van der Waals surface area contributed by atoms with E-state index >= 15 is 0 Å². The van der Waals surface area contributed by atoms with Gasteiger partial charge in [0.05, 0.1) is 0 Å². The molecule has 0 saturated carbocycles. The molecule has 0 aliphatic rings. The highest BCUT2D eigenvalue weighted by Crippen LogP contribution is 2.24. The SMILES string of the molecule is NC(=O)c1n[nH]nc1-c1cccc(COc2ccc(F)c(F)c2F)c1. The first-order chi connectivity index (χ1) is 12.0. The molecule has 0 spiro atoms. The zero-order valence-corrected chi connectivity index (χ0v) is 12.6. The summed E-state index contributed by atoms with van der Waals surface area (Å²) < 4.78 is 44.9. The highest BCUT2D eigenvalue weighted by Gasteiger charge is 2.16. The summed E-state index contributed by atoms with van der Waals surface area (Å²) in [6.45, 7) is -0.112. The molecule has 1 heterocycles. The molecule has 0 fully saturated rings. The summed E-state index contributed by atoms with van der Waals surface area (Å²) in [6.07, 6.45) is 0. The smallest absolute Gasteiger partial charge is 0.271 e. The average Bonchev–Trinajstić information content (AvgIpc) is 3.09. The minimum atomic E-state index is -1.60. The fraction of sp³-hybridized carbons (Fsp3) is 0.0625. The van der Waals surface area contributed by atoms with Crippen LogP contribution in [0.5, 0.6) is 5.75 Å². The van der Waals surface area contributed by atoms with E-state index in [-0.39, 0.29) is 18.0 Å². The molecule has 0 aliphatic carbocycles. The van der Waals surface area contributed by atoms with Crippen molar-refractivity contribution in [2.75, 3.05) is 0 Å². The predicted octanol–water partition coefficient (Wildman–Crippen LogP) is 2.57. The Morgan fingerprint density at radius 1 is 1.12 bits per heavy atom. The van der Waals surface area contributed by atoms with Gasteiger partial charge in [0.1, 0.15) is 12.3 Å². The van der Waals surface area contributed by atoms with Gasteiger partial charge in [-0.3, -0.25) is 4.79 Å². The number of carbonyl (C=O) groups is 1. The first-order valence-electron chi connectivity index (χ1n) is 7.03. The molecule has 0 bridgehead atoms. The Morgan fingerprint density at radius 3 is 2.68 bits per heavy atom. The van der Waals surface area contributed by atoms with Gasteiger partial charge in [-0.25, -0.2) is 8.78 Å². The molecular weight excluding hydrogens is 337 g/mol. The minimum Gasteiger partial charge on any atom is -0.486 e. The van der Waals surface area contributed by atoms with Gasteiger partial charge in [0.2, 0.25) is 5.82 Å². The third-order valence-electron chi connectivity index (χ3n) is 3.38. The second-order valence-corrected chi connectivity index (χ2v) is 5.05. The lowest BCUT2D eigenvalue weighted by Crippen LogP contribution is -2.12. The van der Waals surface area contributed by atoms with Crippen LogP contribution in [-0.2, 0) is 6.61 Å². The number of aromatic amines is 1. The number of carbonyl (C=O) groups excluding carboxylic acids is 1. The number of primary amides is 1. The number of amides is 1. The van der Waals surface area contributed by atoms with Crippen LogP contribution in [0, 0.1) is 17.5 Å².